The SMILES string of the molecule is CC(C)=CCC/C(C)=C/CC/C(C)=C/CCC(C)(O)CCC1=CC(=O)C=CC1=O.O. The van der Waals surface area contributed by atoms with Gasteiger partial charge in [0.15, 0.2) is 11.6 Å². The van der Waals surface area contributed by atoms with Gasteiger partial charge in [0.1, 0.15) is 0 Å². The van der Waals surface area contributed by atoms with E-state index in [1.165, 1.54) is 34.9 Å². The van der Waals surface area contributed by atoms with Gasteiger partial charge < -0.3 is 10.6 Å². The van der Waals surface area contributed by atoms with Crippen molar-refractivity contribution in [2.75, 3.05) is 0 Å². The lowest BCUT2D eigenvalue weighted by molar-refractivity contribution is -0.114. The molecular formula is C26H40O4. The quantitative estimate of drug-likeness (QED) is 0.335. The van der Waals surface area contributed by atoms with E-state index < -0.39 is 5.60 Å². The zero-order valence-corrected chi connectivity index (χ0v) is 19.4. The van der Waals surface area contributed by atoms with Gasteiger partial charge in [-0.1, -0.05) is 34.9 Å². The van der Waals surface area contributed by atoms with Crippen LogP contribution in [0.1, 0.15) is 86.0 Å². The van der Waals surface area contributed by atoms with Crippen molar-refractivity contribution in [3.8, 4) is 0 Å². The molecule has 1 unspecified atom stereocenters. The van der Waals surface area contributed by atoms with Crippen molar-refractivity contribution in [3.63, 3.8) is 0 Å². The Labute approximate surface area is 182 Å². The summed E-state index contributed by atoms with van der Waals surface area (Å²) < 4.78 is 0. The van der Waals surface area contributed by atoms with Crippen LogP contribution < -0.4 is 0 Å². The molecule has 168 valence electrons. The van der Waals surface area contributed by atoms with E-state index in [1.54, 1.807) is 6.92 Å². The Balaban J connectivity index is 0.00000841. The molecule has 0 aliphatic heterocycles. The van der Waals surface area contributed by atoms with Gasteiger partial charge in [-0.05, 0) is 104 Å². The summed E-state index contributed by atoms with van der Waals surface area (Å²) in [5.41, 5.74) is 3.81. The van der Waals surface area contributed by atoms with Crippen LogP contribution in [0.25, 0.3) is 0 Å². The second-order valence-corrected chi connectivity index (χ2v) is 8.76. The van der Waals surface area contributed by atoms with Gasteiger partial charge in [-0.25, -0.2) is 0 Å². The molecule has 0 bridgehead atoms. The fourth-order valence-electron chi connectivity index (χ4n) is 3.25. The third-order valence-electron chi connectivity index (χ3n) is 5.26. The third kappa shape index (κ3) is 12.5. The third-order valence-corrected chi connectivity index (χ3v) is 5.26. The fourth-order valence-corrected chi connectivity index (χ4v) is 3.25. The lowest BCUT2D eigenvalue weighted by Gasteiger charge is -2.23. The van der Waals surface area contributed by atoms with Gasteiger partial charge >= 0.3 is 0 Å². The number of allylic oxidation sites excluding steroid dienone is 10. The van der Waals surface area contributed by atoms with Gasteiger partial charge in [0.2, 0.25) is 0 Å². The highest BCUT2D eigenvalue weighted by atomic mass is 16.3. The highest BCUT2D eigenvalue weighted by molar-refractivity contribution is 6.17. The van der Waals surface area contributed by atoms with Crippen LogP contribution in [0.4, 0.5) is 0 Å². The topological polar surface area (TPSA) is 85.9 Å². The van der Waals surface area contributed by atoms with Crippen LogP contribution in [0, 0.1) is 0 Å². The Hall–Kier alpha value is -2.04. The standard InChI is InChI=1S/C26H38O3.H2O/c1-20(2)9-6-10-21(3)11-7-12-22(4)13-8-17-26(5,29)18-16-23-19-24(27)14-15-25(23)28;/h9,11,13-15,19,29H,6-8,10,12,16-18H2,1-5H3;1H2/b21-11+,22-13+;. The summed E-state index contributed by atoms with van der Waals surface area (Å²) in [6.45, 7) is 10.4. The van der Waals surface area contributed by atoms with Crippen molar-refractivity contribution >= 4 is 11.6 Å². The maximum absolute atomic E-state index is 11.8. The normalized spacial score (nSPS) is 16.7. The van der Waals surface area contributed by atoms with Crippen LogP contribution in [0.2, 0.25) is 0 Å². The van der Waals surface area contributed by atoms with Crippen molar-refractivity contribution in [2.24, 2.45) is 0 Å². The molecule has 0 fully saturated rings. The molecule has 0 saturated heterocycles. The van der Waals surface area contributed by atoms with Gasteiger partial charge in [-0.2, -0.15) is 0 Å². The first-order chi connectivity index (χ1) is 13.6. The van der Waals surface area contributed by atoms with Gasteiger partial charge in [-0.15, -0.1) is 0 Å². The average molecular weight is 417 g/mol. The van der Waals surface area contributed by atoms with E-state index in [0.717, 1.165) is 32.1 Å². The molecule has 1 atom stereocenters. The first-order valence-electron chi connectivity index (χ1n) is 10.7. The number of rotatable bonds is 12. The molecule has 0 saturated carbocycles. The van der Waals surface area contributed by atoms with Gasteiger partial charge in [0.25, 0.3) is 0 Å². The van der Waals surface area contributed by atoms with Gasteiger partial charge in [0.05, 0.1) is 5.60 Å². The minimum Gasteiger partial charge on any atom is -0.412 e. The molecule has 1 rings (SSSR count). The first-order valence-corrected chi connectivity index (χ1v) is 10.7. The molecular weight excluding hydrogens is 376 g/mol. The lowest BCUT2D eigenvalue weighted by atomic mass is 9.89. The van der Waals surface area contributed by atoms with E-state index in [4.69, 9.17) is 0 Å². The van der Waals surface area contributed by atoms with Crippen molar-refractivity contribution < 1.29 is 20.2 Å². The largest absolute Gasteiger partial charge is 0.412 e. The Morgan fingerprint density at radius 1 is 0.900 bits per heavy atom. The summed E-state index contributed by atoms with van der Waals surface area (Å²) in [5, 5.41) is 10.6. The molecule has 3 N–H and O–H groups in total. The molecule has 0 aromatic heterocycles. The Kier molecular flexibility index (Phi) is 13.1. The average Bonchev–Trinajstić information content (AvgIpc) is 2.62. The number of ketones is 2. The van der Waals surface area contributed by atoms with Crippen LogP contribution in [0.3, 0.4) is 0 Å². The highest BCUT2D eigenvalue weighted by Crippen LogP contribution is 2.24. The predicted octanol–water partition coefficient (Wildman–Crippen LogP) is 5.53. The maximum Gasteiger partial charge on any atom is 0.182 e. The molecule has 0 radical (unpaired) electrons. The Morgan fingerprint density at radius 3 is 2.07 bits per heavy atom. The summed E-state index contributed by atoms with van der Waals surface area (Å²) >= 11 is 0. The highest BCUT2D eigenvalue weighted by Gasteiger charge is 2.22. The van der Waals surface area contributed by atoms with Gasteiger partial charge in [0, 0.05) is 5.57 Å². The van der Waals surface area contributed by atoms with Crippen LogP contribution in [-0.4, -0.2) is 27.8 Å². The maximum atomic E-state index is 11.8. The molecule has 0 amide bonds. The predicted molar refractivity (Wildman–Crippen MR) is 125 cm³/mol. The molecule has 0 spiro atoms. The van der Waals surface area contributed by atoms with Crippen LogP contribution in [-0.2, 0) is 9.59 Å². The minimum absolute atomic E-state index is 0. The van der Waals surface area contributed by atoms with E-state index in [-0.39, 0.29) is 17.0 Å². The molecule has 4 heteroatoms. The number of carbonyl (C=O) groups is 2. The summed E-state index contributed by atoms with van der Waals surface area (Å²) in [6.07, 6.45) is 17.5. The molecule has 4 nitrogen and oxygen atoms in total. The van der Waals surface area contributed by atoms with Crippen LogP contribution in [0.15, 0.2) is 58.7 Å². The summed E-state index contributed by atoms with van der Waals surface area (Å²) in [7, 11) is 0. The van der Waals surface area contributed by atoms with Gasteiger partial charge in [-0.3, -0.25) is 9.59 Å². The zero-order chi connectivity index (χ0) is 21.9. The van der Waals surface area contributed by atoms with Crippen molar-refractivity contribution in [1.82, 2.24) is 0 Å². The fraction of sp³-hybridized carbons (Fsp3) is 0.538. The molecule has 0 aromatic carbocycles. The molecule has 1 aliphatic carbocycles. The zero-order valence-electron chi connectivity index (χ0n) is 19.4. The van der Waals surface area contributed by atoms with E-state index in [9.17, 15) is 14.7 Å². The van der Waals surface area contributed by atoms with Crippen LogP contribution in [0.5, 0.6) is 0 Å². The van der Waals surface area contributed by atoms with E-state index in [0.29, 0.717) is 24.8 Å². The lowest BCUT2D eigenvalue weighted by Crippen LogP contribution is -2.24. The smallest absolute Gasteiger partial charge is 0.182 e. The second-order valence-electron chi connectivity index (χ2n) is 8.76. The van der Waals surface area contributed by atoms with E-state index >= 15 is 0 Å². The Bertz CT molecular complexity index is 726. The second kappa shape index (κ2) is 14.1. The molecule has 30 heavy (non-hydrogen) atoms. The Morgan fingerprint density at radius 2 is 1.47 bits per heavy atom. The first kappa shape index (κ1) is 28.0. The van der Waals surface area contributed by atoms with E-state index in [1.807, 2.05) is 0 Å². The summed E-state index contributed by atoms with van der Waals surface area (Å²) in [5.74, 6) is -0.278. The van der Waals surface area contributed by atoms with Crippen molar-refractivity contribution in [2.45, 2.75) is 91.6 Å². The van der Waals surface area contributed by atoms with Crippen molar-refractivity contribution in [3.05, 3.63) is 58.7 Å². The number of hydrogen-bond donors (Lipinski definition) is 1. The van der Waals surface area contributed by atoms with Crippen molar-refractivity contribution in [1.29, 1.82) is 0 Å². The summed E-state index contributed by atoms with van der Waals surface area (Å²) in [4.78, 5) is 23.2. The van der Waals surface area contributed by atoms with Crippen LogP contribution >= 0.6 is 0 Å². The summed E-state index contributed by atoms with van der Waals surface area (Å²) in [6, 6.07) is 0. The molecule has 1 aliphatic rings. The van der Waals surface area contributed by atoms with E-state index in [2.05, 4.69) is 45.9 Å². The number of aliphatic hydroxyl groups is 1. The monoisotopic (exact) mass is 416 g/mol. The molecule has 0 heterocycles. The minimum atomic E-state index is -0.844. The molecule has 0 aromatic rings. The number of hydrogen-bond acceptors (Lipinski definition) is 3. The number of carbonyl (C=O) groups excluding carboxylic acids is 2.